The minimum Gasteiger partial charge on any atom is -0.378 e. The third-order valence-electron chi connectivity index (χ3n) is 5.88. The van der Waals surface area contributed by atoms with Gasteiger partial charge in [0.25, 0.3) is 5.91 Å². The highest BCUT2D eigenvalue weighted by Gasteiger charge is 2.21. The fourth-order valence-corrected chi connectivity index (χ4v) is 4.72. The highest BCUT2D eigenvalue weighted by molar-refractivity contribution is 7.89. The molecule has 3 heterocycles. The van der Waals surface area contributed by atoms with Gasteiger partial charge in [-0.3, -0.25) is 4.79 Å². The summed E-state index contributed by atoms with van der Waals surface area (Å²) in [5.41, 5.74) is 4.72. The number of aryl methyl sites for hydroxylation is 1. The van der Waals surface area contributed by atoms with Crippen molar-refractivity contribution in [2.75, 3.05) is 37.5 Å². The van der Waals surface area contributed by atoms with Crippen LogP contribution in [0.1, 0.15) is 16.2 Å². The van der Waals surface area contributed by atoms with Gasteiger partial charge in [0.15, 0.2) is 5.65 Å². The molecule has 1 fully saturated rings. The zero-order valence-electron chi connectivity index (χ0n) is 19.4. The molecule has 0 spiro atoms. The van der Waals surface area contributed by atoms with E-state index in [1.54, 1.807) is 10.7 Å². The second-order valence-corrected chi connectivity index (χ2v) is 10.2. The summed E-state index contributed by atoms with van der Waals surface area (Å²) < 4.78 is 32.6. The third kappa shape index (κ3) is 4.75. The normalized spacial score (nSPS) is 14.3. The van der Waals surface area contributed by atoms with Crippen LogP contribution < -0.4 is 9.62 Å². The molecule has 0 unspecified atom stereocenters. The van der Waals surface area contributed by atoms with Gasteiger partial charge in [0.2, 0.25) is 10.0 Å². The maximum absolute atomic E-state index is 12.8. The molecule has 1 aliphatic rings. The number of amides is 1. The lowest BCUT2D eigenvalue weighted by Crippen LogP contribution is -2.36. The molecule has 180 valence electrons. The van der Waals surface area contributed by atoms with Crippen molar-refractivity contribution in [2.45, 2.75) is 6.92 Å². The van der Waals surface area contributed by atoms with E-state index >= 15 is 0 Å². The van der Waals surface area contributed by atoms with Crippen LogP contribution in [0.15, 0.2) is 60.7 Å². The van der Waals surface area contributed by atoms with E-state index in [-0.39, 0.29) is 5.69 Å². The number of pyridine rings is 1. The number of benzene rings is 2. The number of nitrogens with one attached hydrogen (secondary N) is 1. The van der Waals surface area contributed by atoms with Gasteiger partial charge >= 0.3 is 0 Å². The monoisotopic (exact) mass is 491 g/mol. The van der Waals surface area contributed by atoms with E-state index in [0.717, 1.165) is 52.9 Å². The summed E-state index contributed by atoms with van der Waals surface area (Å²) in [6.45, 7) is 4.95. The molecule has 4 aromatic rings. The number of aromatic nitrogens is 3. The van der Waals surface area contributed by atoms with Crippen molar-refractivity contribution >= 4 is 32.7 Å². The summed E-state index contributed by atoms with van der Waals surface area (Å²) in [5.74, 6) is -0.793. The van der Waals surface area contributed by atoms with E-state index in [2.05, 4.69) is 9.88 Å². The fraction of sp³-hybridized carbons (Fsp3) is 0.240. The Bertz CT molecular complexity index is 1490. The number of fused-ring (bicyclic) bond motifs is 1. The number of para-hydroxylation sites is 1. The molecule has 1 saturated heterocycles. The predicted molar refractivity (Wildman–Crippen MR) is 134 cm³/mol. The standard InChI is InChI=1S/C25H25N5O4S/c1-17-23-21(18-8-10-19(11-9-18)29-12-14-34-15-13-29)16-22(25(31)28-35(2,32)33)26-24(23)30(27-17)20-6-4-3-5-7-20/h3-11,16H,12-15H2,1-2H3,(H,28,31). The van der Waals surface area contributed by atoms with Crippen LogP contribution in [0.4, 0.5) is 5.69 Å². The van der Waals surface area contributed by atoms with E-state index in [9.17, 15) is 13.2 Å². The number of ether oxygens (including phenoxy) is 1. The average Bonchev–Trinajstić information content (AvgIpc) is 3.20. The first kappa shape index (κ1) is 23.0. The number of carbonyl (C=O) groups is 1. The summed E-state index contributed by atoms with van der Waals surface area (Å²) in [4.78, 5) is 19.6. The third-order valence-corrected chi connectivity index (χ3v) is 6.44. The van der Waals surface area contributed by atoms with Crippen LogP contribution >= 0.6 is 0 Å². The molecule has 0 bridgehead atoms. The maximum atomic E-state index is 12.8. The molecule has 2 aromatic carbocycles. The van der Waals surface area contributed by atoms with E-state index in [1.165, 1.54) is 0 Å². The number of sulfonamides is 1. The van der Waals surface area contributed by atoms with Crippen LogP contribution in [0.25, 0.3) is 27.8 Å². The van der Waals surface area contributed by atoms with Crippen LogP contribution in [0.2, 0.25) is 0 Å². The molecule has 0 atom stereocenters. The van der Waals surface area contributed by atoms with Crippen molar-refractivity contribution in [3.8, 4) is 16.8 Å². The smallest absolute Gasteiger partial charge is 0.283 e. The van der Waals surface area contributed by atoms with Crippen molar-refractivity contribution in [3.63, 3.8) is 0 Å². The van der Waals surface area contributed by atoms with Crippen LogP contribution in [-0.2, 0) is 14.8 Å². The Morgan fingerprint density at radius 3 is 2.34 bits per heavy atom. The lowest BCUT2D eigenvalue weighted by Gasteiger charge is -2.29. The Balaban J connectivity index is 1.67. The zero-order chi connectivity index (χ0) is 24.6. The number of anilines is 1. The van der Waals surface area contributed by atoms with E-state index in [0.29, 0.717) is 18.9 Å². The van der Waals surface area contributed by atoms with Crippen molar-refractivity contribution in [1.29, 1.82) is 0 Å². The Kier molecular flexibility index (Phi) is 6.00. The minimum atomic E-state index is -3.76. The Hall–Kier alpha value is -3.76. The SMILES string of the molecule is Cc1nn(-c2ccccc2)c2nc(C(=O)NS(C)(=O)=O)cc(-c3ccc(N4CCOCC4)cc3)c12. The molecule has 9 nitrogen and oxygen atoms in total. The molecule has 0 saturated carbocycles. The maximum Gasteiger partial charge on any atom is 0.283 e. The van der Waals surface area contributed by atoms with Crippen LogP contribution in [0.3, 0.4) is 0 Å². The van der Waals surface area contributed by atoms with Crippen LogP contribution in [0.5, 0.6) is 0 Å². The first-order chi connectivity index (χ1) is 16.8. The molecule has 1 amide bonds. The Morgan fingerprint density at radius 1 is 1.00 bits per heavy atom. The molecule has 0 aliphatic carbocycles. The van der Waals surface area contributed by atoms with E-state index in [4.69, 9.17) is 9.84 Å². The fourth-order valence-electron chi connectivity index (χ4n) is 4.28. The van der Waals surface area contributed by atoms with Crippen molar-refractivity contribution in [2.24, 2.45) is 0 Å². The first-order valence-electron chi connectivity index (χ1n) is 11.2. The summed E-state index contributed by atoms with van der Waals surface area (Å²) >= 11 is 0. The predicted octanol–water partition coefficient (Wildman–Crippen LogP) is 2.92. The molecule has 0 radical (unpaired) electrons. The van der Waals surface area contributed by atoms with E-state index < -0.39 is 15.9 Å². The average molecular weight is 492 g/mol. The number of hydrogen-bond donors (Lipinski definition) is 1. The number of hydrogen-bond acceptors (Lipinski definition) is 7. The van der Waals surface area contributed by atoms with Crippen molar-refractivity contribution in [1.82, 2.24) is 19.5 Å². The molecule has 35 heavy (non-hydrogen) atoms. The van der Waals surface area contributed by atoms with Gasteiger partial charge in [0.05, 0.1) is 36.2 Å². The molecule has 5 rings (SSSR count). The number of nitrogens with zero attached hydrogens (tertiary/aromatic N) is 4. The van der Waals surface area contributed by atoms with Gasteiger partial charge in [-0.25, -0.2) is 22.8 Å². The molecular formula is C25H25N5O4S. The minimum absolute atomic E-state index is 0.00716. The van der Waals surface area contributed by atoms with Crippen LogP contribution in [-0.4, -0.2) is 61.6 Å². The lowest BCUT2D eigenvalue weighted by atomic mass is 10.0. The molecule has 1 N–H and O–H groups in total. The summed E-state index contributed by atoms with van der Waals surface area (Å²) in [6.07, 6.45) is 0.938. The molecule has 1 aliphatic heterocycles. The van der Waals surface area contributed by atoms with Gasteiger partial charge < -0.3 is 9.64 Å². The van der Waals surface area contributed by atoms with Gasteiger partial charge in [0.1, 0.15) is 5.69 Å². The number of rotatable bonds is 5. The second kappa shape index (κ2) is 9.12. The van der Waals surface area contributed by atoms with Gasteiger partial charge in [-0.15, -0.1) is 0 Å². The van der Waals surface area contributed by atoms with Gasteiger partial charge in [-0.1, -0.05) is 30.3 Å². The molecule has 10 heteroatoms. The quantitative estimate of drug-likeness (QED) is 0.457. The largest absolute Gasteiger partial charge is 0.378 e. The highest BCUT2D eigenvalue weighted by Crippen LogP contribution is 2.33. The Morgan fingerprint density at radius 2 is 1.69 bits per heavy atom. The van der Waals surface area contributed by atoms with Crippen molar-refractivity contribution in [3.05, 3.63) is 72.1 Å². The topological polar surface area (TPSA) is 106 Å². The van der Waals surface area contributed by atoms with Crippen LogP contribution in [0, 0.1) is 6.92 Å². The highest BCUT2D eigenvalue weighted by atomic mass is 32.2. The number of morpholine rings is 1. The first-order valence-corrected chi connectivity index (χ1v) is 13.1. The van der Waals surface area contributed by atoms with Crippen molar-refractivity contribution < 1.29 is 17.9 Å². The second-order valence-electron chi connectivity index (χ2n) is 8.44. The Labute approximate surface area is 203 Å². The van der Waals surface area contributed by atoms with Gasteiger partial charge in [-0.05, 0) is 48.4 Å². The lowest BCUT2D eigenvalue weighted by molar-refractivity contribution is 0.0977. The molecule has 2 aromatic heterocycles. The summed E-state index contributed by atoms with van der Waals surface area (Å²) in [5, 5.41) is 5.49. The van der Waals surface area contributed by atoms with E-state index in [1.807, 2.05) is 66.2 Å². The van der Waals surface area contributed by atoms with Gasteiger partial charge in [-0.2, -0.15) is 5.10 Å². The molecular weight excluding hydrogens is 466 g/mol. The number of carbonyl (C=O) groups excluding carboxylic acids is 1. The zero-order valence-corrected chi connectivity index (χ0v) is 20.2. The van der Waals surface area contributed by atoms with Gasteiger partial charge in [0, 0.05) is 18.8 Å². The summed E-state index contributed by atoms with van der Waals surface area (Å²) in [6, 6.07) is 19.2. The summed E-state index contributed by atoms with van der Waals surface area (Å²) in [7, 11) is -3.76.